The van der Waals surface area contributed by atoms with E-state index in [1.54, 1.807) is 0 Å². The van der Waals surface area contributed by atoms with Crippen molar-refractivity contribution in [2.24, 2.45) is 5.92 Å². The van der Waals surface area contributed by atoms with Crippen LogP contribution in [0.2, 0.25) is 0 Å². The van der Waals surface area contributed by atoms with Crippen molar-refractivity contribution in [3.8, 4) is 0 Å². The molecule has 4 heteroatoms. The van der Waals surface area contributed by atoms with Crippen LogP contribution in [-0.2, 0) is 13.1 Å². The number of halogens is 1. The van der Waals surface area contributed by atoms with Gasteiger partial charge in [-0.25, -0.2) is 0 Å². The van der Waals surface area contributed by atoms with E-state index in [1.807, 2.05) is 12.1 Å². The Kier molecular flexibility index (Phi) is 5.65. The van der Waals surface area contributed by atoms with Gasteiger partial charge in [0, 0.05) is 24.7 Å². The highest BCUT2D eigenvalue weighted by molar-refractivity contribution is 5.94. The van der Waals surface area contributed by atoms with Crippen molar-refractivity contribution in [2.75, 3.05) is 0 Å². The summed E-state index contributed by atoms with van der Waals surface area (Å²) >= 11 is 0. The fraction of sp³-hybridized carbons (Fsp3) is 0.588. The highest BCUT2D eigenvalue weighted by atomic mass is 35.5. The van der Waals surface area contributed by atoms with E-state index in [0.717, 1.165) is 18.7 Å². The molecule has 1 amide bonds. The molecular formula is C17H25ClN2O. The first-order valence-corrected chi connectivity index (χ1v) is 7.87. The average molecular weight is 309 g/mol. The lowest BCUT2D eigenvalue weighted by atomic mass is 9.84. The Labute approximate surface area is 133 Å². The molecule has 0 radical (unpaired) electrons. The van der Waals surface area contributed by atoms with Gasteiger partial charge < -0.3 is 10.6 Å². The second-order valence-electron chi connectivity index (χ2n) is 6.25. The normalized spacial score (nSPS) is 19.5. The van der Waals surface area contributed by atoms with Crippen molar-refractivity contribution >= 4 is 18.3 Å². The number of fused-ring (bicyclic) bond motifs is 1. The summed E-state index contributed by atoms with van der Waals surface area (Å²) in [6.45, 7) is 3.97. The van der Waals surface area contributed by atoms with E-state index < -0.39 is 0 Å². The van der Waals surface area contributed by atoms with Gasteiger partial charge in [0.05, 0.1) is 0 Å². The van der Waals surface area contributed by atoms with Gasteiger partial charge in [0.1, 0.15) is 0 Å². The molecule has 2 aliphatic rings. The molecule has 0 bridgehead atoms. The van der Waals surface area contributed by atoms with E-state index in [4.69, 9.17) is 0 Å². The van der Waals surface area contributed by atoms with Crippen molar-refractivity contribution in [1.29, 1.82) is 0 Å². The molecule has 1 atom stereocenters. The summed E-state index contributed by atoms with van der Waals surface area (Å²) in [6, 6.07) is 6.36. The van der Waals surface area contributed by atoms with Crippen LogP contribution in [-0.4, -0.2) is 11.9 Å². The lowest BCUT2D eigenvalue weighted by molar-refractivity contribution is 0.0919. The number of hydrogen-bond donors (Lipinski definition) is 2. The van der Waals surface area contributed by atoms with Gasteiger partial charge in [0.25, 0.3) is 5.91 Å². The number of amides is 1. The second kappa shape index (κ2) is 7.28. The van der Waals surface area contributed by atoms with E-state index >= 15 is 0 Å². The minimum atomic E-state index is 0. The first kappa shape index (κ1) is 16.3. The summed E-state index contributed by atoms with van der Waals surface area (Å²) in [5.41, 5.74) is 3.39. The number of rotatable bonds is 3. The monoisotopic (exact) mass is 308 g/mol. The van der Waals surface area contributed by atoms with Gasteiger partial charge in [-0.05, 0) is 48.9 Å². The summed E-state index contributed by atoms with van der Waals surface area (Å²) in [5.74, 6) is 0.738. The van der Waals surface area contributed by atoms with Crippen LogP contribution in [0, 0.1) is 5.92 Å². The van der Waals surface area contributed by atoms with Crippen LogP contribution in [0.4, 0.5) is 0 Å². The van der Waals surface area contributed by atoms with E-state index in [9.17, 15) is 4.79 Å². The molecule has 0 saturated heterocycles. The Balaban J connectivity index is 0.00000161. The maximum atomic E-state index is 12.4. The van der Waals surface area contributed by atoms with Crippen molar-refractivity contribution in [1.82, 2.24) is 10.6 Å². The molecule has 0 aromatic heterocycles. The quantitative estimate of drug-likeness (QED) is 0.898. The molecule has 2 N–H and O–H groups in total. The summed E-state index contributed by atoms with van der Waals surface area (Å²) < 4.78 is 0. The molecule has 1 aromatic carbocycles. The highest BCUT2D eigenvalue weighted by Gasteiger charge is 2.22. The molecule has 1 aliphatic carbocycles. The van der Waals surface area contributed by atoms with Gasteiger partial charge in [-0.3, -0.25) is 4.79 Å². The number of carbonyl (C=O) groups excluding carboxylic acids is 1. The Bertz CT molecular complexity index is 498. The molecule has 3 rings (SSSR count). The Morgan fingerprint density at radius 2 is 1.90 bits per heavy atom. The van der Waals surface area contributed by atoms with Gasteiger partial charge in [-0.1, -0.05) is 25.3 Å². The van der Waals surface area contributed by atoms with Crippen LogP contribution < -0.4 is 10.6 Å². The number of benzene rings is 1. The third kappa shape index (κ3) is 3.78. The standard InChI is InChI=1S/C17H24N2O.ClH/c1-12(13-5-3-2-4-6-13)19-17(20)14-7-8-15-10-18-11-16(15)9-14;/h7-9,12-13,18H,2-6,10-11H2,1H3,(H,19,20);1H. The fourth-order valence-electron chi connectivity index (χ4n) is 3.48. The van der Waals surface area contributed by atoms with E-state index in [1.165, 1.54) is 43.2 Å². The Morgan fingerprint density at radius 1 is 1.19 bits per heavy atom. The van der Waals surface area contributed by atoms with Crippen LogP contribution in [0.1, 0.15) is 60.5 Å². The summed E-state index contributed by atoms with van der Waals surface area (Å²) in [7, 11) is 0. The molecule has 21 heavy (non-hydrogen) atoms. The number of nitrogens with one attached hydrogen (secondary N) is 2. The Morgan fingerprint density at radius 3 is 2.67 bits per heavy atom. The van der Waals surface area contributed by atoms with Gasteiger partial charge in [-0.2, -0.15) is 0 Å². The minimum absolute atomic E-state index is 0. The van der Waals surface area contributed by atoms with Crippen molar-refractivity contribution in [3.63, 3.8) is 0 Å². The van der Waals surface area contributed by atoms with Gasteiger partial charge >= 0.3 is 0 Å². The van der Waals surface area contributed by atoms with Crippen molar-refractivity contribution in [2.45, 2.75) is 58.2 Å². The van der Waals surface area contributed by atoms with Crippen molar-refractivity contribution < 1.29 is 4.79 Å². The van der Waals surface area contributed by atoms with Crippen LogP contribution in [0.15, 0.2) is 18.2 Å². The smallest absolute Gasteiger partial charge is 0.251 e. The molecule has 1 saturated carbocycles. The van der Waals surface area contributed by atoms with E-state index in [2.05, 4.69) is 23.6 Å². The van der Waals surface area contributed by atoms with Crippen LogP contribution >= 0.6 is 12.4 Å². The number of carbonyl (C=O) groups is 1. The van der Waals surface area contributed by atoms with Gasteiger partial charge in [0.15, 0.2) is 0 Å². The topological polar surface area (TPSA) is 41.1 Å². The van der Waals surface area contributed by atoms with Crippen LogP contribution in [0.5, 0.6) is 0 Å². The zero-order chi connectivity index (χ0) is 13.9. The Hall–Kier alpha value is -1.06. The summed E-state index contributed by atoms with van der Waals surface area (Å²) in [6.07, 6.45) is 6.50. The third-order valence-electron chi connectivity index (χ3n) is 4.82. The molecule has 3 nitrogen and oxygen atoms in total. The summed E-state index contributed by atoms with van der Waals surface area (Å²) in [4.78, 5) is 12.4. The lowest BCUT2D eigenvalue weighted by Crippen LogP contribution is -2.38. The fourth-order valence-corrected chi connectivity index (χ4v) is 3.48. The average Bonchev–Trinajstić information content (AvgIpc) is 2.95. The molecule has 1 aromatic rings. The first-order chi connectivity index (χ1) is 9.74. The predicted molar refractivity (Wildman–Crippen MR) is 87.7 cm³/mol. The van der Waals surface area contributed by atoms with E-state index in [0.29, 0.717) is 5.92 Å². The molecule has 1 fully saturated rings. The molecule has 1 heterocycles. The number of hydrogen-bond acceptors (Lipinski definition) is 2. The summed E-state index contributed by atoms with van der Waals surface area (Å²) in [5, 5.41) is 6.51. The third-order valence-corrected chi connectivity index (χ3v) is 4.82. The zero-order valence-electron chi connectivity index (χ0n) is 12.7. The maximum Gasteiger partial charge on any atom is 0.251 e. The minimum Gasteiger partial charge on any atom is -0.349 e. The maximum absolute atomic E-state index is 12.4. The molecular weight excluding hydrogens is 284 g/mol. The molecule has 0 spiro atoms. The molecule has 1 aliphatic heterocycles. The van der Waals surface area contributed by atoms with Gasteiger partial charge in [-0.15, -0.1) is 12.4 Å². The SMILES string of the molecule is CC(NC(=O)c1ccc2c(c1)CNC2)C1CCCCC1.Cl. The zero-order valence-corrected chi connectivity index (χ0v) is 13.5. The molecule has 116 valence electrons. The van der Waals surface area contributed by atoms with E-state index in [-0.39, 0.29) is 24.4 Å². The van der Waals surface area contributed by atoms with Crippen LogP contribution in [0.25, 0.3) is 0 Å². The van der Waals surface area contributed by atoms with Gasteiger partial charge in [0.2, 0.25) is 0 Å². The second-order valence-corrected chi connectivity index (χ2v) is 6.25. The largest absolute Gasteiger partial charge is 0.349 e. The predicted octanol–water partition coefficient (Wildman–Crippen LogP) is 3.41. The lowest BCUT2D eigenvalue weighted by Gasteiger charge is -2.28. The highest BCUT2D eigenvalue weighted by Crippen LogP contribution is 2.26. The molecule has 1 unspecified atom stereocenters. The van der Waals surface area contributed by atoms with Crippen molar-refractivity contribution in [3.05, 3.63) is 34.9 Å². The first-order valence-electron chi connectivity index (χ1n) is 7.87. The van der Waals surface area contributed by atoms with Crippen LogP contribution in [0.3, 0.4) is 0 Å².